The number of carbonyl (C=O) groups excluding carboxylic acids is 1. The Morgan fingerprint density at radius 1 is 1.60 bits per heavy atom. The molecule has 1 saturated carbocycles. The maximum Gasteiger partial charge on any atom is 0.318 e. The van der Waals surface area contributed by atoms with Gasteiger partial charge in [-0.25, -0.2) is 9.78 Å². The van der Waals surface area contributed by atoms with Crippen LogP contribution in [0, 0.1) is 0 Å². The van der Waals surface area contributed by atoms with Gasteiger partial charge in [0.05, 0.1) is 12.5 Å². The molecule has 7 nitrogen and oxygen atoms in total. The molecule has 1 heterocycles. The van der Waals surface area contributed by atoms with Gasteiger partial charge in [-0.15, -0.1) is 0 Å². The van der Waals surface area contributed by atoms with Crippen LogP contribution in [0.25, 0.3) is 0 Å². The Balaban J connectivity index is 1.95. The normalized spacial score (nSPS) is 15.7. The fraction of sp³-hybridized carbons (Fsp3) is 0.615. The Morgan fingerprint density at radius 3 is 2.85 bits per heavy atom. The average Bonchev–Trinajstić information content (AvgIpc) is 3.10. The summed E-state index contributed by atoms with van der Waals surface area (Å²) >= 11 is 0. The average molecular weight is 280 g/mol. The molecule has 1 atom stereocenters. The molecular formula is C13H20N4O3. The number of urea groups is 1. The van der Waals surface area contributed by atoms with E-state index < -0.39 is 5.97 Å². The van der Waals surface area contributed by atoms with Crippen molar-refractivity contribution in [3.05, 3.63) is 18.2 Å². The summed E-state index contributed by atoms with van der Waals surface area (Å²) in [6.07, 6.45) is 5.95. The number of nitrogens with one attached hydrogen (secondary N) is 2. The number of carboxylic acid groups (broad SMARTS) is 1. The summed E-state index contributed by atoms with van der Waals surface area (Å²) in [6, 6.07) is -0.205. The first-order valence-corrected chi connectivity index (χ1v) is 6.90. The quantitative estimate of drug-likeness (QED) is 0.705. The van der Waals surface area contributed by atoms with Crippen LogP contribution >= 0.6 is 0 Å². The third kappa shape index (κ3) is 3.72. The first-order chi connectivity index (χ1) is 9.61. The standard InChI is InChI=1S/C13H20N4O3/c1-2-10(12-14-6-7-15-12)16-13(20)17(9-3-4-9)8-5-11(18)19/h6-7,9-10H,2-5,8H2,1H3,(H,14,15)(H,16,20)(H,18,19). The Morgan fingerprint density at radius 2 is 2.35 bits per heavy atom. The lowest BCUT2D eigenvalue weighted by atomic mass is 10.2. The molecule has 0 spiro atoms. The van der Waals surface area contributed by atoms with Gasteiger partial charge in [0.2, 0.25) is 0 Å². The van der Waals surface area contributed by atoms with Gasteiger partial charge in [-0.1, -0.05) is 6.92 Å². The van der Waals surface area contributed by atoms with E-state index in [0.717, 1.165) is 25.1 Å². The van der Waals surface area contributed by atoms with Gasteiger partial charge < -0.3 is 20.3 Å². The van der Waals surface area contributed by atoms with Crippen molar-refractivity contribution in [3.8, 4) is 0 Å². The van der Waals surface area contributed by atoms with Gasteiger partial charge in [0, 0.05) is 25.0 Å². The van der Waals surface area contributed by atoms with Crippen molar-refractivity contribution in [1.29, 1.82) is 0 Å². The summed E-state index contributed by atoms with van der Waals surface area (Å²) in [6.45, 7) is 2.21. The monoisotopic (exact) mass is 280 g/mol. The minimum absolute atomic E-state index is 0.0263. The van der Waals surface area contributed by atoms with Gasteiger partial charge in [0.1, 0.15) is 5.82 Å². The molecule has 0 aliphatic heterocycles. The van der Waals surface area contributed by atoms with E-state index in [1.54, 1.807) is 17.3 Å². The summed E-state index contributed by atoms with van der Waals surface area (Å²) in [5.74, 6) is -0.170. The van der Waals surface area contributed by atoms with E-state index in [4.69, 9.17) is 5.11 Å². The number of aliphatic carboxylic acids is 1. The number of rotatable bonds is 7. The number of H-pyrrole nitrogens is 1. The van der Waals surface area contributed by atoms with Crippen molar-refractivity contribution in [2.24, 2.45) is 0 Å². The largest absolute Gasteiger partial charge is 0.481 e. The van der Waals surface area contributed by atoms with Crippen LogP contribution in [0.1, 0.15) is 44.5 Å². The van der Waals surface area contributed by atoms with Gasteiger partial charge in [-0.2, -0.15) is 0 Å². The Labute approximate surface area is 117 Å². The lowest BCUT2D eigenvalue weighted by molar-refractivity contribution is -0.137. The summed E-state index contributed by atoms with van der Waals surface area (Å²) in [4.78, 5) is 31.7. The zero-order valence-corrected chi connectivity index (χ0v) is 11.5. The van der Waals surface area contributed by atoms with Crippen molar-refractivity contribution in [2.45, 2.75) is 44.7 Å². The number of carboxylic acids is 1. The van der Waals surface area contributed by atoms with Gasteiger partial charge in [-0.3, -0.25) is 4.79 Å². The number of aromatic nitrogens is 2. The van der Waals surface area contributed by atoms with Crippen molar-refractivity contribution >= 4 is 12.0 Å². The van der Waals surface area contributed by atoms with E-state index in [1.165, 1.54) is 0 Å². The van der Waals surface area contributed by atoms with Crippen LogP contribution in [0.15, 0.2) is 12.4 Å². The van der Waals surface area contributed by atoms with E-state index >= 15 is 0 Å². The van der Waals surface area contributed by atoms with Crippen molar-refractivity contribution in [3.63, 3.8) is 0 Å². The van der Waals surface area contributed by atoms with Crippen LogP contribution in [-0.4, -0.2) is 44.6 Å². The van der Waals surface area contributed by atoms with E-state index in [9.17, 15) is 9.59 Å². The summed E-state index contributed by atoms with van der Waals surface area (Å²) in [5.41, 5.74) is 0. The number of imidazole rings is 1. The molecule has 2 amide bonds. The second kappa shape index (κ2) is 6.40. The smallest absolute Gasteiger partial charge is 0.318 e. The molecule has 0 bridgehead atoms. The Kier molecular flexibility index (Phi) is 4.60. The number of nitrogens with zero attached hydrogens (tertiary/aromatic N) is 2. The molecule has 20 heavy (non-hydrogen) atoms. The number of amides is 2. The minimum Gasteiger partial charge on any atom is -0.481 e. The van der Waals surface area contributed by atoms with Crippen molar-refractivity contribution in [2.75, 3.05) is 6.54 Å². The highest BCUT2D eigenvalue weighted by Gasteiger charge is 2.33. The van der Waals surface area contributed by atoms with Crippen LogP contribution < -0.4 is 5.32 Å². The van der Waals surface area contributed by atoms with Gasteiger partial charge in [0.15, 0.2) is 0 Å². The first-order valence-electron chi connectivity index (χ1n) is 6.90. The van der Waals surface area contributed by atoms with Crippen LogP contribution in [0.3, 0.4) is 0 Å². The third-order valence-corrected chi connectivity index (χ3v) is 3.37. The zero-order chi connectivity index (χ0) is 14.5. The predicted octanol–water partition coefficient (Wildman–Crippen LogP) is 1.51. The second-order valence-corrected chi connectivity index (χ2v) is 4.95. The molecular weight excluding hydrogens is 260 g/mol. The lowest BCUT2D eigenvalue weighted by Crippen LogP contribution is -2.44. The maximum absolute atomic E-state index is 12.3. The molecule has 1 fully saturated rings. The summed E-state index contributed by atoms with van der Waals surface area (Å²) in [7, 11) is 0. The van der Waals surface area contributed by atoms with Crippen LogP contribution in [0.4, 0.5) is 4.79 Å². The van der Waals surface area contributed by atoms with Crippen molar-refractivity contribution in [1.82, 2.24) is 20.2 Å². The predicted molar refractivity (Wildman–Crippen MR) is 72.1 cm³/mol. The van der Waals surface area contributed by atoms with E-state index in [2.05, 4.69) is 15.3 Å². The highest BCUT2D eigenvalue weighted by Crippen LogP contribution is 2.27. The highest BCUT2D eigenvalue weighted by atomic mass is 16.4. The molecule has 3 N–H and O–H groups in total. The highest BCUT2D eigenvalue weighted by molar-refractivity contribution is 5.76. The maximum atomic E-state index is 12.3. The Hall–Kier alpha value is -2.05. The molecule has 1 aromatic rings. The SMILES string of the molecule is CCC(NC(=O)N(CCC(=O)O)C1CC1)c1ncc[nH]1. The van der Waals surface area contributed by atoms with Crippen LogP contribution in [0.5, 0.6) is 0 Å². The molecule has 0 radical (unpaired) electrons. The Bertz CT molecular complexity index is 456. The lowest BCUT2D eigenvalue weighted by Gasteiger charge is -2.25. The molecule has 1 aliphatic rings. The number of aromatic amines is 1. The van der Waals surface area contributed by atoms with Gasteiger partial charge in [0.25, 0.3) is 0 Å². The zero-order valence-electron chi connectivity index (χ0n) is 11.5. The van der Waals surface area contributed by atoms with Gasteiger partial charge >= 0.3 is 12.0 Å². The molecule has 110 valence electrons. The van der Waals surface area contributed by atoms with Gasteiger partial charge in [-0.05, 0) is 19.3 Å². The fourth-order valence-corrected chi connectivity index (χ4v) is 2.12. The van der Waals surface area contributed by atoms with Crippen LogP contribution in [0.2, 0.25) is 0 Å². The van der Waals surface area contributed by atoms with E-state index in [-0.39, 0.29) is 31.1 Å². The number of carbonyl (C=O) groups is 2. The van der Waals surface area contributed by atoms with Crippen LogP contribution in [-0.2, 0) is 4.79 Å². The minimum atomic E-state index is -0.887. The molecule has 0 saturated heterocycles. The second-order valence-electron chi connectivity index (χ2n) is 4.95. The molecule has 1 unspecified atom stereocenters. The number of hydrogen-bond donors (Lipinski definition) is 3. The molecule has 0 aromatic carbocycles. The molecule has 1 aliphatic carbocycles. The van der Waals surface area contributed by atoms with Crippen molar-refractivity contribution < 1.29 is 14.7 Å². The molecule has 2 rings (SSSR count). The summed E-state index contributed by atoms with van der Waals surface area (Å²) in [5, 5.41) is 11.7. The number of hydrogen-bond acceptors (Lipinski definition) is 3. The van der Waals surface area contributed by atoms with E-state index in [0.29, 0.717) is 0 Å². The fourth-order valence-electron chi connectivity index (χ4n) is 2.12. The summed E-state index contributed by atoms with van der Waals surface area (Å²) < 4.78 is 0. The van der Waals surface area contributed by atoms with E-state index in [1.807, 2.05) is 6.92 Å². The topological polar surface area (TPSA) is 98.3 Å². The molecule has 1 aromatic heterocycles. The third-order valence-electron chi connectivity index (χ3n) is 3.37. The first kappa shape index (κ1) is 14.4. The molecule has 7 heteroatoms.